The quantitative estimate of drug-likeness (QED) is 0.781. The van der Waals surface area contributed by atoms with Gasteiger partial charge in [0.15, 0.2) is 0 Å². The van der Waals surface area contributed by atoms with Crippen molar-refractivity contribution in [3.63, 3.8) is 0 Å². The van der Waals surface area contributed by atoms with Crippen LogP contribution in [-0.2, 0) is 12.8 Å². The molecule has 15 heavy (non-hydrogen) atoms. The van der Waals surface area contributed by atoms with Crippen LogP contribution in [0.2, 0.25) is 0 Å². The Kier molecular flexibility index (Phi) is 5.34. The molecule has 1 aromatic heterocycles. The first-order chi connectivity index (χ1) is 7.11. The second-order valence-electron chi connectivity index (χ2n) is 4.59. The summed E-state index contributed by atoms with van der Waals surface area (Å²) in [6, 6.07) is 5.15. The Morgan fingerprint density at radius 3 is 2.40 bits per heavy atom. The molecule has 0 aromatic carbocycles. The van der Waals surface area contributed by atoms with Crippen molar-refractivity contribution in [3.8, 4) is 0 Å². The van der Waals surface area contributed by atoms with E-state index >= 15 is 0 Å². The summed E-state index contributed by atoms with van der Waals surface area (Å²) in [7, 11) is 0. The van der Waals surface area contributed by atoms with Crippen LogP contribution in [0.25, 0.3) is 0 Å². The summed E-state index contributed by atoms with van der Waals surface area (Å²) in [5.74, 6) is 0.732. The third-order valence-corrected chi connectivity index (χ3v) is 3.74. The molecule has 0 radical (unpaired) electrons. The molecular formula is C13H23NS. The number of hydrogen-bond donors (Lipinski definition) is 1. The van der Waals surface area contributed by atoms with E-state index < -0.39 is 0 Å². The zero-order valence-corrected chi connectivity index (χ0v) is 11.2. The fourth-order valence-corrected chi connectivity index (χ4v) is 2.70. The lowest BCUT2D eigenvalue weighted by atomic mass is 10.1. The first kappa shape index (κ1) is 12.7. The van der Waals surface area contributed by atoms with Crippen molar-refractivity contribution in [1.29, 1.82) is 0 Å². The highest BCUT2D eigenvalue weighted by Crippen LogP contribution is 2.19. The lowest BCUT2D eigenvalue weighted by Crippen LogP contribution is -2.28. The maximum absolute atomic E-state index is 3.49. The van der Waals surface area contributed by atoms with Gasteiger partial charge in [-0.25, -0.2) is 0 Å². The van der Waals surface area contributed by atoms with Crippen molar-refractivity contribution in [2.45, 2.75) is 46.6 Å². The maximum Gasteiger partial charge on any atom is 0.00513 e. The minimum atomic E-state index is 0.599. The predicted octanol–water partition coefficient (Wildman–Crippen LogP) is 3.49. The largest absolute Gasteiger partial charge is 0.314 e. The van der Waals surface area contributed by atoms with Gasteiger partial charge in [0.1, 0.15) is 0 Å². The molecule has 0 saturated carbocycles. The molecule has 0 aliphatic rings. The molecule has 1 rings (SSSR count). The summed E-state index contributed by atoms with van der Waals surface area (Å²) in [5.41, 5.74) is 0. The molecule has 1 aromatic rings. The molecule has 1 N–H and O–H groups in total. The Hall–Kier alpha value is -0.340. The van der Waals surface area contributed by atoms with Crippen LogP contribution in [0.5, 0.6) is 0 Å². The van der Waals surface area contributed by atoms with E-state index in [-0.39, 0.29) is 0 Å². The first-order valence-corrected chi connectivity index (χ1v) is 6.74. The summed E-state index contributed by atoms with van der Waals surface area (Å²) in [6.07, 6.45) is 2.38. The van der Waals surface area contributed by atoms with Crippen LogP contribution in [0.1, 0.15) is 37.4 Å². The van der Waals surface area contributed by atoms with Crippen molar-refractivity contribution in [1.82, 2.24) is 5.32 Å². The molecule has 1 atom stereocenters. The number of hydrogen-bond acceptors (Lipinski definition) is 2. The van der Waals surface area contributed by atoms with Gasteiger partial charge in [0.2, 0.25) is 0 Å². The second-order valence-corrected chi connectivity index (χ2v) is 5.85. The average Bonchev–Trinajstić information content (AvgIpc) is 2.62. The number of thiophene rings is 1. The smallest absolute Gasteiger partial charge is 0.00513 e. The van der Waals surface area contributed by atoms with Gasteiger partial charge in [-0.3, -0.25) is 0 Å². The summed E-state index contributed by atoms with van der Waals surface area (Å²) in [5, 5.41) is 3.49. The zero-order chi connectivity index (χ0) is 11.3. The van der Waals surface area contributed by atoms with Gasteiger partial charge in [0.25, 0.3) is 0 Å². The minimum absolute atomic E-state index is 0.599. The Morgan fingerprint density at radius 1 is 1.20 bits per heavy atom. The Labute approximate surface area is 97.9 Å². The van der Waals surface area contributed by atoms with Crippen LogP contribution in [0.4, 0.5) is 0 Å². The van der Waals surface area contributed by atoms with Crippen LogP contribution in [0.3, 0.4) is 0 Å². The molecule has 0 bridgehead atoms. The van der Waals surface area contributed by atoms with E-state index in [1.54, 1.807) is 0 Å². The van der Waals surface area contributed by atoms with Gasteiger partial charge in [0, 0.05) is 15.8 Å². The minimum Gasteiger partial charge on any atom is -0.314 e. The molecule has 0 saturated heterocycles. The van der Waals surface area contributed by atoms with Gasteiger partial charge in [0.05, 0.1) is 0 Å². The van der Waals surface area contributed by atoms with Gasteiger partial charge < -0.3 is 5.32 Å². The van der Waals surface area contributed by atoms with E-state index in [4.69, 9.17) is 0 Å². The van der Waals surface area contributed by atoms with E-state index in [9.17, 15) is 0 Å². The Bertz CT molecular complexity index is 278. The van der Waals surface area contributed by atoms with Crippen LogP contribution < -0.4 is 5.32 Å². The van der Waals surface area contributed by atoms with Gasteiger partial charge in [-0.15, -0.1) is 11.3 Å². The molecule has 1 heterocycles. The first-order valence-electron chi connectivity index (χ1n) is 5.92. The van der Waals surface area contributed by atoms with Gasteiger partial charge >= 0.3 is 0 Å². The number of nitrogens with one attached hydrogen (secondary N) is 1. The highest BCUT2D eigenvalue weighted by Gasteiger charge is 2.06. The molecule has 0 fully saturated rings. The van der Waals surface area contributed by atoms with Crippen molar-refractivity contribution < 1.29 is 0 Å². The zero-order valence-electron chi connectivity index (χ0n) is 10.3. The molecule has 2 heteroatoms. The van der Waals surface area contributed by atoms with Crippen molar-refractivity contribution >= 4 is 11.3 Å². The fourth-order valence-electron chi connectivity index (χ4n) is 1.57. The standard InChI is InChI=1S/C13H23NS/c1-5-12-6-7-13(15-12)8-11(4)9-14-10(2)3/h6-7,10-11,14H,5,8-9H2,1-4H3. The van der Waals surface area contributed by atoms with Gasteiger partial charge in [-0.2, -0.15) is 0 Å². The Balaban J connectivity index is 2.33. The van der Waals surface area contributed by atoms with Crippen LogP contribution in [-0.4, -0.2) is 12.6 Å². The molecule has 86 valence electrons. The van der Waals surface area contributed by atoms with Crippen LogP contribution >= 0.6 is 11.3 Å². The van der Waals surface area contributed by atoms with Crippen molar-refractivity contribution in [3.05, 3.63) is 21.9 Å². The third-order valence-electron chi connectivity index (χ3n) is 2.49. The monoisotopic (exact) mass is 225 g/mol. The lowest BCUT2D eigenvalue weighted by molar-refractivity contribution is 0.478. The summed E-state index contributed by atoms with van der Waals surface area (Å²) in [4.78, 5) is 3.04. The van der Waals surface area contributed by atoms with E-state index in [0.29, 0.717) is 6.04 Å². The molecule has 0 aliphatic carbocycles. The number of aryl methyl sites for hydroxylation is 1. The normalized spacial score (nSPS) is 13.4. The van der Waals surface area contributed by atoms with E-state index in [1.807, 2.05) is 11.3 Å². The fraction of sp³-hybridized carbons (Fsp3) is 0.692. The SMILES string of the molecule is CCc1ccc(CC(C)CNC(C)C)s1. The lowest BCUT2D eigenvalue weighted by Gasteiger charge is -2.13. The molecule has 1 nitrogen and oxygen atoms in total. The molecule has 0 spiro atoms. The van der Waals surface area contributed by atoms with Crippen molar-refractivity contribution in [2.24, 2.45) is 5.92 Å². The molecule has 1 unspecified atom stereocenters. The summed E-state index contributed by atoms with van der Waals surface area (Å²) >= 11 is 1.97. The Morgan fingerprint density at radius 2 is 1.87 bits per heavy atom. The summed E-state index contributed by atoms with van der Waals surface area (Å²) in [6.45, 7) is 10.1. The maximum atomic E-state index is 3.49. The predicted molar refractivity (Wildman–Crippen MR) is 69.7 cm³/mol. The van der Waals surface area contributed by atoms with E-state index in [2.05, 4.69) is 45.1 Å². The van der Waals surface area contributed by atoms with E-state index in [0.717, 1.165) is 12.5 Å². The molecule has 0 amide bonds. The highest BCUT2D eigenvalue weighted by molar-refractivity contribution is 7.11. The summed E-state index contributed by atoms with van der Waals surface area (Å²) < 4.78 is 0. The van der Waals surface area contributed by atoms with Crippen molar-refractivity contribution in [2.75, 3.05) is 6.54 Å². The highest BCUT2D eigenvalue weighted by atomic mass is 32.1. The molecular weight excluding hydrogens is 202 g/mol. The van der Waals surface area contributed by atoms with Crippen LogP contribution in [0, 0.1) is 5.92 Å². The van der Waals surface area contributed by atoms with Crippen LogP contribution in [0.15, 0.2) is 12.1 Å². The molecule has 0 aliphatic heterocycles. The number of rotatable bonds is 6. The topological polar surface area (TPSA) is 12.0 Å². The van der Waals surface area contributed by atoms with E-state index in [1.165, 1.54) is 22.6 Å². The average molecular weight is 225 g/mol. The van der Waals surface area contributed by atoms with Gasteiger partial charge in [-0.1, -0.05) is 27.7 Å². The van der Waals surface area contributed by atoms with Gasteiger partial charge in [-0.05, 0) is 37.4 Å². The third kappa shape index (κ3) is 4.80. The second kappa shape index (κ2) is 6.29.